The Kier molecular flexibility index (Phi) is 3.48. The van der Waals surface area contributed by atoms with Crippen LogP contribution in [-0.2, 0) is 0 Å². The van der Waals surface area contributed by atoms with Gasteiger partial charge in [0.1, 0.15) is 0 Å². The van der Waals surface area contributed by atoms with Crippen LogP contribution in [0.4, 0.5) is 0 Å². The smallest absolute Gasteiger partial charge is 0.0901 e. The molecule has 0 aliphatic carbocycles. The van der Waals surface area contributed by atoms with E-state index in [4.69, 9.17) is 0 Å². The van der Waals surface area contributed by atoms with Gasteiger partial charge in [-0.2, -0.15) is 0 Å². The molecule has 0 aromatic heterocycles. The first kappa shape index (κ1) is 10.2. The molecular formula is C6H18MgSi2. The van der Waals surface area contributed by atoms with Crippen LogP contribution < -0.4 is 0 Å². The zero-order chi connectivity index (χ0) is 7.71. The van der Waals surface area contributed by atoms with E-state index in [-0.39, 0.29) is 0 Å². The highest BCUT2D eigenvalue weighted by Gasteiger charge is 2.26. The fourth-order valence-corrected chi connectivity index (χ4v) is 43.0. The van der Waals surface area contributed by atoms with Crippen LogP contribution in [0.25, 0.3) is 0 Å². The molecule has 52 valence electrons. The van der Waals surface area contributed by atoms with Crippen molar-refractivity contribution < 1.29 is 0 Å². The minimum atomic E-state index is -0.592. The molecular weight excluding hydrogens is 153 g/mol. The average Bonchev–Trinajstić information content (AvgIpc) is 1.14. The summed E-state index contributed by atoms with van der Waals surface area (Å²) in [5, 5.41) is 0. The van der Waals surface area contributed by atoms with Crippen molar-refractivity contribution in [2.24, 2.45) is 0 Å². The molecule has 0 atom stereocenters. The van der Waals surface area contributed by atoms with Gasteiger partial charge in [-0.3, -0.25) is 0 Å². The van der Waals surface area contributed by atoms with Crippen LogP contribution in [0.1, 0.15) is 0 Å². The fraction of sp³-hybridized carbons (Fsp3) is 1.00. The molecule has 3 heteroatoms. The second-order valence-corrected chi connectivity index (χ2v) is 32.9. The summed E-state index contributed by atoms with van der Waals surface area (Å²) >= 11 is 0.366. The van der Waals surface area contributed by atoms with Crippen molar-refractivity contribution in [1.29, 1.82) is 0 Å². The Morgan fingerprint density at radius 3 is 0.889 bits per heavy atom. The van der Waals surface area contributed by atoms with Gasteiger partial charge < -0.3 is 0 Å². The standard InChI is InChI=1S/2C3H9Si.Mg/c2*1-4(2)3;/h2*1-3H3;. The molecule has 0 saturated carbocycles. The molecule has 0 nitrogen and oxygen atoms in total. The average molecular weight is 171 g/mol. The molecule has 0 aliphatic rings. The van der Waals surface area contributed by atoms with Crippen molar-refractivity contribution in [2.45, 2.75) is 39.3 Å². The Labute approximate surface area is 69.4 Å². The fourth-order valence-electron chi connectivity index (χ4n) is 1.59. The summed E-state index contributed by atoms with van der Waals surface area (Å²) < 4.78 is 0. The van der Waals surface area contributed by atoms with Crippen LogP contribution in [0.3, 0.4) is 0 Å². The predicted molar refractivity (Wildman–Crippen MR) is 52.4 cm³/mol. The molecule has 0 aromatic carbocycles. The third kappa shape index (κ3) is 9.20. The van der Waals surface area contributed by atoms with Crippen molar-refractivity contribution in [2.75, 3.05) is 0 Å². The van der Waals surface area contributed by atoms with Crippen LogP contribution in [0.5, 0.6) is 0 Å². The molecule has 0 unspecified atom stereocenters. The molecule has 0 spiro atoms. The van der Waals surface area contributed by atoms with Gasteiger partial charge in [-0.05, 0) is 0 Å². The summed E-state index contributed by atoms with van der Waals surface area (Å²) in [6.07, 6.45) is 0. The van der Waals surface area contributed by atoms with Gasteiger partial charge in [-0.25, -0.2) is 0 Å². The zero-order valence-electron chi connectivity index (χ0n) is 7.71. The third-order valence-corrected chi connectivity index (χ3v) is 28.6. The molecule has 0 heterocycles. The number of hydrogen-bond donors (Lipinski definition) is 0. The van der Waals surface area contributed by atoms with E-state index in [1.807, 2.05) is 0 Å². The predicted octanol–water partition coefficient (Wildman–Crippen LogP) is 2.36. The molecule has 0 fully saturated rings. The maximum absolute atomic E-state index is 2.53. The van der Waals surface area contributed by atoms with E-state index in [9.17, 15) is 0 Å². The topological polar surface area (TPSA) is 0 Å². The summed E-state index contributed by atoms with van der Waals surface area (Å²) in [6, 6.07) is 0. The van der Waals surface area contributed by atoms with Gasteiger partial charge in [0.25, 0.3) is 0 Å². The first-order valence-corrected chi connectivity index (χ1v) is 15.4. The Morgan fingerprint density at radius 1 is 0.667 bits per heavy atom. The van der Waals surface area contributed by atoms with Crippen molar-refractivity contribution >= 4 is 30.3 Å². The highest BCUT2D eigenvalue weighted by molar-refractivity contribution is 7.52. The minimum absolute atomic E-state index is 0.366. The molecule has 0 aromatic rings. The second kappa shape index (κ2) is 3.07. The molecule has 0 amide bonds. The van der Waals surface area contributed by atoms with Gasteiger partial charge in [0.2, 0.25) is 0 Å². The zero-order valence-corrected chi connectivity index (χ0v) is 11.1. The lowest BCUT2D eigenvalue weighted by atomic mass is 11.8. The van der Waals surface area contributed by atoms with Gasteiger partial charge in [0, 0.05) is 0 Å². The molecule has 9 heavy (non-hydrogen) atoms. The summed E-state index contributed by atoms with van der Waals surface area (Å²) in [4.78, 5) is 0. The summed E-state index contributed by atoms with van der Waals surface area (Å²) in [5.41, 5.74) is -1.18. The van der Waals surface area contributed by atoms with Crippen LogP contribution in [0.15, 0.2) is 0 Å². The van der Waals surface area contributed by atoms with Crippen molar-refractivity contribution in [3.05, 3.63) is 0 Å². The maximum atomic E-state index is 2.53. The molecule has 0 aliphatic heterocycles. The number of hydrogen-bond acceptors (Lipinski definition) is 0. The first-order chi connectivity index (χ1) is 3.71. The summed E-state index contributed by atoms with van der Waals surface area (Å²) in [6.45, 7) is 15.2. The van der Waals surface area contributed by atoms with E-state index in [0.717, 1.165) is 0 Å². The highest BCUT2D eigenvalue weighted by atomic mass is 28.7. The van der Waals surface area contributed by atoms with Crippen molar-refractivity contribution in [1.82, 2.24) is 0 Å². The van der Waals surface area contributed by atoms with E-state index in [0.29, 0.717) is 18.8 Å². The van der Waals surface area contributed by atoms with Crippen LogP contribution in [-0.4, -0.2) is 30.3 Å². The lowest BCUT2D eigenvalue weighted by Crippen LogP contribution is -2.46. The lowest BCUT2D eigenvalue weighted by Gasteiger charge is -2.24. The van der Waals surface area contributed by atoms with Crippen LogP contribution in [0, 0.1) is 0 Å². The van der Waals surface area contributed by atoms with E-state index in [1.165, 1.54) is 0 Å². The van der Waals surface area contributed by atoms with Gasteiger partial charge in [0.15, 0.2) is 0 Å². The van der Waals surface area contributed by atoms with Gasteiger partial charge >= 0.3 is 18.8 Å². The molecule has 0 rings (SSSR count). The normalized spacial score (nSPS) is 13.1. The van der Waals surface area contributed by atoms with Gasteiger partial charge in [0.05, 0.1) is 0 Å². The minimum Gasteiger partial charge on any atom is -0.0901 e. The Balaban J connectivity index is 3.75. The van der Waals surface area contributed by atoms with E-state index in [1.54, 1.807) is 0 Å². The molecule has 0 bridgehead atoms. The van der Waals surface area contributed by atoms with Crippen molar-refractivity contribution in [3.8, 4) is 0 Å². The van der Waals surface area contributed by atoms with E-state index < -0.39 is 11.4 Å². The van der Waals surface area contributed by atoms with E-state index >= 15 is 0 Å². The van der Waals surface area contributed by atoms with Crippen LogP contribution in [0.2, 0.25) is 39.3 Å². The first-order valence-electron chi connectivity index (χ1n) is 3.71. The summed E-state index contributed by atoms with van der Waals surface area (Å²) in [7, 11) is 0. The molecule has 0 radical (unpaired) electrons. The molecule has 0 saturated heterocycles. The Bertz CT molecular complexity index is 76.2. The van der Waals surface area contributed by atoms with Crippen LogP contribution >= 0.6 is 0 Å². The largest absolute Gasteiger partial charge is 0.364 e. The van der Waals surface area contributed by atoms with Gasteiger partial charge in [-0.15, -0.1) is 0 Å². The highest BCUT2D eigenvalue weighted by Crippen LogP contribution is 2.07. The van der Waals surface area contributed by atoms with Crippen molar-refractivity contribution in [3.63, 3.8) is 0 Å². The third-order valence-electron chi connectivity index (χ3n) is 1.06. The Morgan fingerprint density at radius 2 is 0.889 bits per heavy atom. The quantitative estimate of drug-likeness (QED) is 0.559. The maximum Gasteiger partial charge on any atom is 0.364 e. The molecule has 0 N–H and O–H groups in total. The summed E-state index contributed by atoms with van der Waals surface area (Å²) in [5.74, 6) is 0. The Hall–Kier alpha value is 1.20. The number of rotatable bonds is 2. The van der Waals surface area contributed by atoms with E-state index in [2.05, 4.69) is 39.3 Å². The lowest BCUT2D eigenvalue weighted by molar-refractivity contribution is 1.82. The SMILES string of the molecule is C[Si](C)(C)[Mg][Si](C)(C)C. The monoisotopic (exact) mass is 170 g/mol. The second-order valence-electron chi connectivity index (χ2n) is 5.30. The van der Waals surface area contributed by atoms with Gasteiger partial charge in [-0.1, -0.05) is 50.7 Å².